The molecule has 2 nitrogen and oxygen atoms in total. The van der Waals surface area contributed by atoms with E-state index in [1.807, 2.05) is 0 Å². The van der Waals surface area contributed by atoms with Crippen LogP contribution in [0.4, 0.5) is 13.2 Å². The van der Waals surface area contributed by atoms with Crippen LogP contribution in [0.5, 0.6) is 0 Å². The maximum atomic E-state index is 12.9. The van der Waals surface area contributed by atoms with E-state index in [9.17, 15) is 18.0 Å². The van der Waals surface area contributed by atoms with Crippen molar-refractivity contribution in [2.75, 3.05) is 6.61 Å². The standard InChI is InChI=1S/C15H17F3O2/c1-4-11-6-8-12(9-7-11)13(14(19)20-5-2)10(3)15(16,17)18/h4,6-10,13H,1,5H2,2-3H3/t10-,13?/m1/s1. The summed E-state index contributed by atoms with van der Waals surface area (Å²) in [4.78, 5) is 11.8. The number of hydrogen-bond donors (Lipinski definition) is 0. The normalized spacial score (nSPS) is 14.4. The minimum Gasteiger partial charge on any atom is -0.466 e. The number of carbonyl (C=O) groups is 1. The first-order valence-electron chi connectivity index (χ1n) is 6.27. The summed E-state index contributed by atoms with van der Waals surface area (Å²) in [7, 11) is 0. The highest BCUT2D eigenvalue weighted by Gasteiger charge is 2.45. The van der Waals surface area contributed by atoms with Crippen molar-refractivity contribution >= 4 is 12.0 Å². The molecule has 110 valence electrons. The van der Waals surface area contributed by atoms with Crippen LogP contribution in [0.25, 0.3) is 6.08 Å². The van der Waals surface area contributed by atoms with Gasteiger partial charge in [0.1, 0.15) is 0 Å². The summed E-state index contributed by atoms with van der Waals surface area (Å²) in [6.45, 7) is 6.17. The van der Waals surface area contributed by atoms with Gasteiger partial charge in [0.15, 0.2) is 0 Å². The van der Waals surface area contributed by atoms with Crippen molar-refractivity contribution in [1.82, 2.24) is 0 Å². The largest absolute Gasteiger partial charge is 0.466 e. The summed E-state index contributed by atoms with van der Waals surface area (Å²) in [6.07, 6.45) is -2.88. The predicted molar refractivity (Wildman–Crippen MR) is 71.1 cm³/mol. The van der Waals surface area contributed by atoms with Crippen molar-refractivity contribution in [2.45, 2.75) is 25.9 Å². The third-order valence-corrected chi connectivity index (χ3v) is 3.09. The first-order chi connectivity index (χ1) is 9.31. The SMILES string of the molecule is C=Cc1ccc(C(C(=O)OCC)[C@@H](C)C(F)(F)F)cc1. The van der Waals surface area contributed by atoms with E-state index in [0.717, 1.165) is 12.5 Å². The molecule has 1 aromatic rings. The fourth-order valence-corrected chi connectivity index (χ4v) is 1.89. The maximum Gasteiger partial charge on any atom is 0.392 e. The zero-order chi connectivity index (χ0) is 15.3. The predicted octanol–water partition coefficient (Wildman–Crippen LogP) is 4.17. The molecule has 0 saturated carbocycles. The lowest BCUT2D eigenvalue weighted by molar-refractivity contribution is -0.185. The lowest BCUT2D eigenvalue weighted by Gasteiger charge is -2.24. The maximum absolute atomic E-state index is 12.9. The van der Waals surface area contributed by atoms with Crippen LogP contribution in [0, 0.1) is 5.92 Å². The Morgan fingerprint density at radius 2 is 1.90 bits per heavy atom. The summed E-state index contributed by atoms with van der Waals surface area (Å²) in [5.41, 5.74) is 1.06. The average molecular weight is 286 g/mol. The molecule has 0 heterocycles. The van der Waals surface area contributed by atoms with Gasteiger partial charge in [-0.15, -0.1) is 0 Å². The topological polar surface area (TPSA) is 26.3 Å². The number of benzene rings is 1. The molecule has 0 aliphatic carbocycles. The molecule has 0 amide bonds. The summed E-state index contributed by atoms with van der Waals surface area (Å²) >= 11 is 0. The van der Waals surface area contributed by atoms with E-state index in [-0.39, 0.29) is 6.61 Å². The third kappa shape index (κ3) is 3.85. The minimum absolute atomic E-state index is 0.0463. The number of esters is 1. The van der Waals surface area contributed by atoms with Crippen LogP contribution in [0.15, 0.2) is 30.8 Å². The molecule has 0 aliphatic rings. The molecule has 2 atom stereocenters. The summed E-state index contributed by atoms with van der Waals surface area (Å²) in [5, 5.41) is 0. The van der Waals surface area contributed by atoms with Gasteiger partial charge in [-0.1, -0.05) is 43.8 Å². The quantitative estimate of drug-likeness (QED) is 0.759. The van der Waals surface area contributed by atoms with Crippen molar-refractivity contribution in [3.8, 4) is 0 Å². The van der Waals surface area contributed by atoms with E-state index in [4.69, 9.17) is 4.74 Å². The van der Waals surface area contributed by atoms with Gasteiger partial charge in [-0.25, -0.2) is 0 Å². The second-order valence-corrected chi connectivity index (χ2v) is 4.43. The molecule has 0 aromatic heterocycles. The number of halogens is 3. The fraction of sp³-hybridized carbons (Fsp3) is 0.400. The van der Waals surface area contributed by atoms with Crippen LogP contribution in [0.2, 0.25) is 0 Å². The van der Waals surface area contributed by atoms with Gasteiger partial charge in [0.05, 0.1) is 18.4 Å². The van der Waals surface area contributed by atoms with E-state index < -0.39 is 24.0 Å². The van der Waals surface area contributed by atoms with Crippen molar-refractivity contribution < 1.29 is 22.7 Å². The molecule has 1 aromatic carbocycles. The highest BCUT2D eigenvalue weighted by atomic mass is 19.4. The first-order valence-corrected chi connectivity index (χ1v) is 6.27. The van der Waals surface area contributed by atoms with Crippen LogP contribution >= 0.6 is 0 Å². The number of alkyl halides is 3. The van der Waals surface area contributed by atoms with Gasteiger partial charge >= 0.3 is 12.1 Å². The van der Waals surface area contributed by atoms with E-state index in [2.05, 4.69) is 6.58 Å². The molecule has 0 N–H and O–H groups in total. The lowest BCUT2D eigenvalue weighted by atomic mass is 9.86. The number of ether oxygens (including phenoxy) is 1. The Labute approximate surface area is 116 Å². The van der Waals surface area contributed by atoms with Gasteiger partial charge < -0.3 is 4.74 Å². The Morgan fingerprint density at radius 1 is 1.35 bits per heavy atom. The first kappa shape index (κ1) is 16.3. The molecular formula is C15H17F3O2. The molecule has 1 rings (SSSR count). The Bertz CT molecular complexity index is 463. The van der Waals surface area contributed by atoms with E-state index in [1.165, 1.54) is 12.1 Å². The third-order valence-electron chi connectivity index (χ3n) is 3.09. The average Bonchev–Trinajstić information content (AvgIpc) is 2.39. The second-order valence-electron chi connectivity index (χ2n) is 4.43. The molecule has 0 fully saturated rings. The van der Waals surface area contributed by atoms with Crippen LogP contribution < -0.4 is 0 Å². The summed E-state index contributed by atoms with van der Waals surface area (Å²) < 4.78 is 43.5. The van der Waals surface area contributed by atoms with Crippen LogP contribution in [-0.4, -0.2) is 18.8 Å². The zero-order valence-electron chi connectivity index (χ0n) is 11.4. The number of hydrogen-bond acceptors (Lipinski definition) is 2. The molecular weight excluding hydrogens is 269 g/mol. The monoisotopic (exact) mass is 286 g/mol. The van der Waals surface area contributed by atoms with Gasteiger partial charge in [0, 0.05) is 0 Å². The molecule has 0 spiro atoms. The Morgan fingerprint density at radius 3 is 2.30 bits per heavy atom. The molecule has 20 heavy (non-hydrogen) atoms. The number of carbonyl (C=O) groups excluding carboxylic acids is 1. The van der Waals surface area contributed by atoms with Crippen molar-refractivity contribution in [1.29, 1.82) is 0 Å². The highest BCUT2D eigenvalue weighted by Crippen LogP contribution is 2.38. The molecule has 0 aliphatic heterocycles. The molecule has 5 heteroatoms. The fourth-order valence-electron chi connectivity index (χ4n) is 1.89. The van der Waals surface area contributed by atoms with Gasteiger partial charge in [-0.3, -0.25) is 4.79 Å². The van der Waals surface area contributed by atoms with Gasteiger partial charge in [-0.2, -0.15) is 13.2 Å². The van der Waals surface area contributed by atoms with Crippen LogP contribution in [0.3, 0.4) is 0 Å². The Hall–Kier alpha value is -1.78. The lowest BCUT2D eigenvalue weighted by Crippen LogP contribution is -2.32. The zero-order valence-corrected chi connectivity index (χ0v) is 11.4. The van der Waals surface area contributed by atoms with E-state index in [1.54, 1.807) is 25.1 Å². The van der Waals surface area contributed by atoms with Crippen LogP contribution in [0.1, 0.15) is 30.9 Å². The molecule has 0 bridgehead atoms. The molecule has 1 unspecified atom stereocenters. The minimum atomic E-state index is -4.46. The van der Waals surface area contributed by atoms with Gasteiger partial charge in [0.25, 0.3) is 0 Å². The Kier molecular flexibility index (Phi) is 5.36. The summed E-state index contributed by atoms with van der Waals surface area (Å²) in [6, 6.07) is 6.25. The Balaban J connectivity index is 3.15. The van der Waals surface area contributed by atoms with Gasteiger partial charge in [-0.05, 0) is 18.1 Å². The smallest absolute Gasteiger partial charge is 0.392 e. The van der Waals surface area contributed by atoms with Gasteiger partial charge in [0.2, 0.25) is 0 Å². The number of rotatable bonds is 5. The van der Waals surface area contributed by atoms with Crippen molar-refractivity contribution in [3.63, 3.8) is 0 Å². The second kappa shape index (κ2) is 6.59. The molecule has 0 radical (unpaired) electrons. The van der Waals surface area contributed by atoms with Crippen molar-refractivity contribution in [2.24, 2.45) is 5.92 Å². The molecule has 0 saturated heterocycles. The van der Waals surface area contributed by atoms with E-state index in [0.29, 0.717) is 5.56 Å². The van der Waals surface area contributed by atoms with Crippen molar-refractivity contribution in [3.05, 3.63) is 42.0 Å². The summed E-state index contributed by atoms with van der Waals surface area (Å²) in [5.74, 6) is -4.02. The van der Waals surface area contributed by atoms with Crippen LogP contribution in [-0.2, 0) is 9.53 Å². The highest BCUT2D eigenvalue weighted by molar-refractivity contribution is 5.78. The van der Waals surface area contributed by atoms with E-state index >= 15 is 0 Å².